The van der Waals surface area contributed by atoms with Crippen molar-refractivity contribution < 1.29 is 12.8 Å². The maximum atomic E-state index is 13.2. The van der Waals surface area contributed by atoms with E-state index >= 15 is 0 Å². The van der Waals surface area contributed by atoms with Crippen LogP contribution in [-0.2, 0) is 10.0 Å². The minimum atomic E-state index is -3.42. The quantitative estimate of drug-likeness (QED) is 0.750. The van der Waals surface area contributed by atoms with Crippen LogP contribution in [0.1, 0.15) is 13.3 Å². The molecule has 0 spiro atoms. The van der Waals surface area contributed by atoms with E-state index in [1.54, 1.807) is 0 Å². The maximum Gasteiger partial charge on any atom is 0.232 e. The highest BCUT2D eigenvalue weighted by atomic mass is 79.9. The van der Waals surface area contributed by atoms with Crippen LogP contribution < -0.4 is 10.0 Å². The summed E-state index contributed by atoms with van der Waals surface area (Å²) in [5, 5.41) is 3.04. The molecule has 0 saturated carbocycles. The minimum Gasteiger partial charge on any atom is -0.317 e. The van der Waals surface area contributed by atoms with Gasteiger partial charge in [0.2, 0.25) is 10.0 Å². The molecule has 1 aromatic rings. The smallest absolute Gasteiger partial charge is 0.232 e. The number of anilines is 1. The summed E-state index contributed by atoms with van der Waals surface area (Å²) in [4.78, 5) is 0. The van der Waals surface area contributed by atoms with Crippen molar-refractivity contribution in [3.8, 4) is 0 Å². The van der Waals surface area contributed by atoms with Crippen LogP contribution in [0.15, 0.2) is 22.7 Å². The molecule has 0 atom stereocenters. The maximum absolute atomic E-state index is 13.2. The van der Waals surface area contributed by atoms with Crippen molar-refractivity contribution >= 4 is 31.6 Å². The van der Waals surface area contributed by atoms with Crippen LogP contribution in [0.3, 0.4) is 0 Å². The Hall–Kier alpha value is -0.660. The first-order valence-electron chi connectivity index (χ1n) is 5.61. The molecule has 7 heteroatoms. The molecule has 0 fully saturated rings. The van der Waals surface area contributed by atoms with Gasteiger partial charge >= 0.3 is 0 Å². The molecule has 0 radical (unpaired) electrons. The van der Waals surface area contributed by atoms with Crippen LogP contribution in [0.2, 0.25) is 0 Å². The van der Waals surface area contributed by atoms with E-state index in [2.05, 4.69) is 26.0 Å². The van der Waals surface area contributed by atoms with Crippen molar-refractivity contribution in [2.24, 2.45) is 0 Å². The summed E-state index contributed by atoms with van der Waals surface area (Å²) in [6.45, 7) is 3.41. The van der Waals surface area contributed by atoms with Gasteiger partial charge in [-0.25, -0.2) is 12.8 Å². The average molecular weight is 339 g/mol. The number of benzene rings is 1. The fourth-order valence-electron chi connectivity index (χ4n) is 1.35. The molecule has 4 nitrogen and oxygen atoms in total. The van der Waals surface area contributed by atoms with Crippen molar-refractivity contribution in [3.05, 3.63) is 28.5 Å². The summed E-state index contributed by atoms with van der Waals surface area (Å²) in [6.07, 6.45) is 0.516. The normalized spacial score (nSPS) is 11.5. The molecule has 0 bridgehead atoms. The highest BCUT2D eigenvalue weighted by molar-refractivity contribution is 9.10. The zero-order valence-corrected chi connectivity index (χ0v) is 12.4. The lowest BCUT2D eigenvalue weighted by atomic mass is 10.3. The molecular weight excluding hydrogens is 323 g/mol. The van der Waals surface area contributed by atoms with Gasteiger partial charge in [0.25, 0.3) is 0 Å². The second-order valence-electron chi connectivity index (χ2n) is 3.76. The van der Waals surface area contributed by atoms with Crippen molar-refractivity contribution in [1.29, 1.82) is 0 Å². The molecule has 102 valence electrons. The van der Waals surface area contributed by atoms with Crippen LogP contribution in [0.25, 0.3) is 0 Å². The van der Waals surface area contributed by atoms with Crippen molar-refractivity contribution in [2.45, 2.75) is 13.3 Å². The van der Waals surface area contributed by atoms with Gasteiger partial charge in [-0.1, -0.05) is 6.92 Å². The van der Waals surface area contributed by atoms with E-state index in [0.29, 0.717) is 17.4 Å². The molecule has 1 rings (SSSR count). The van der Waals surface area contributed by atoms with Gasteiger partial charge < -0.3 is 5.32 Å². The summed E-state index contributed by atoms with van der Waals surface area (Å²) in [5.74, 6) is -0.486. The fourth-order valence-corrected chi connectivity index (χ4v) is 2.71. The largest absolute Gasteiger partial charge is 0.317 e. The number of halogens is 2. The first-order valence-corrected chi connectivity index (χ1v) is 8.05. The van der Waals surface area contributed by atoms with E-state index < -0.39 is 15.8 Å². The Morgan fingerprint density at radius 1 is 1.39 bits per heavy atom. The van der Waals surface area contributed by atoms with Gasteiger partial charge in [0.1, 0.15) is 5.82 Å². The van der Waals surface area contributed by atoms with E-state index in [4.69, 9.17) is 0 Å². The highest BCUT2D eigenvalue weighted by Gasteiger charge is 2.11. The van der Waals surface area contributed by atoms with Gasteiger partial charge in [0, 0.05) is 0 Å². The third kappa shape index (κ3) is 5.32. The summed E-state index contributed by atoms with van der Waals surface area (Å²) in [6, 6.07) is 4.12. The SMILES string of the molecule is CCNCCCS(=O)(=O)Nc1ccc(Br)c(F)c1. The summed E-state index contributed by atoms with van der Waals surface area (Å²) < 4.78 is 39.2. The number of hydrogen-bond acceptors (Lipinski definition) is 3. The Balaban J connectivity index is 2.56. The molecule has 0 unspecified atom stereocenters. The molecule has 1 aromatic carbocycles. The van der Waals surface area contributed by atoms with Crippen LogP contribution in [0.5, 0.6) is 0 Å². The van der Waals surface area contributed by atoms with Crippen molar-refractivity contribution in [3.63, 3.8) is 0 Å². The predicted octanol–water partition coefficient (Wildman–Crippen LogP) is 2.33. The Labute approximate surface area is 115 Å². The summed E-state index contributed by atoms with van der Waals surface area (Å²) >= 11 is 3.01. The monoisotopic (exact) mass is 338 g/mol. The van der Waals surface area contributed by atoms with Gasteiger partial charge in [0.05, 0.1) is 15.9 Å². The molecule has 0 heterocycles. The van der Waals surface area contributed by atoms with Crippen molar-refractivity contribution in [1.82, 2.24) is 5.32 Å². The predicted molar refractivity (Wildman–Crippen MR) is 74.7 cm³/mol. The molecule has 0 aromatic heterocycles. The number of nitrogens with one attached hydrogen (secondary N) is 2. The van der Waals surface area contributed by atoms with Gasteiger partial charge in [-0.2, -0.15) is 0 Å². The van der Waals surface area contributed by atoms with E-state index in [1.807, 2.05) is 6.92 Å². The Kier molecular flexibility index (Phi) is 6.04. The van der Waals surface area contributed by atoms with Gasteiger partial charge in [0.15, 0.2) is 0 Å². The lowest BCUT2D eigenvalue weighted by Gasteiger charge is -2.08. The van der Waals surface area contributed by atoms with Crippen molar-refractivity contribution in [2.75, 3.05) is 23.6 Å². The highest BCUT2D eigenvalue weighted by Crippen LogP contribution is 2.20. The van der Waals surface area contributed by atoms with Crippen LogP contribution in [-0.4, -0.2) is 27.3 Å². The molecule has 0 amide bonds. The van der Waals surface area contributed by atoms with Crippen LogP contribution >= 0.6 is 15.9 Å². The topological polar surface area (TPSA) is 58.2 Å². The van der Waals surface area contributed by atoms with Gasteiger partial charge in [-0.3, -0.25) is 4.72 Å². The Bertz CT molecular complexity index is 494. The number of hydrogen-bond donors (Lipinski definition) is 2. The zero-order valence-electron chi connectivity index (χ0n) is 10.0. The molecule has 0 aliphatic rings. The second-order valence-corrected chi connectivity index (χ2v) is 6.45. The minimum absolute atomic E-state index is 0.0116. The molecular formula is C11H16BrFN2O2S. The molecule has 18 heavy (non-hydrogen) atoms. The zero-order chi connectivity index (χ0) is 13.6. The lowest BCUT2D eigenvalue weighted by Crippen LogP contribution is -2.21. The van der Waals surface area contributed by atoms with Crippen LogP contribution in [0, 0.1) is 5.82 Å². The standard InChI is InChI=1S/C11H16BrFN2O2S/c1-2-14-6-3-7-18(16,17)15-9-4-5-10(12)11(13)8-9/h4-5,8,14-15H,2-3,6-7H2,1H3. The first-order chi connectivity index (χ1) is 8.44. The van der Waals surface area contributed by atoms with Gasteiger partial charge in [-0.15, -0.1) is 0 Å². The fraction of sp³-hybridized carbons (Fsp3) is 0.455. The number of rotatable bonds is 7. The summed E-state index contributed by atoms with van der Waals surface area (Å²) in [7, 11) is -3.42. The van der Waals surface area contributed by atoms with E-state index in [9.17, 15) is 12.8 Å². The average Bonchev–Trinajstić information content (AvgIpc) is 2.29. The van der Waals surface area contributed by atoms with Gasteiger partial charge in [-0.05, 0) is 53.6 Å². The Morgan fingerprint density at radius 3 is 2.72 bits per heavy atom. The Morgan fingerprint density at radius 2 is 2.11 bits per heavy atom. The third-order valence-electron chi connectivity index (χ3n) is 2.21. The van der Waals surface area contributed by atoms with E-state index in [0.717, 1.165) is 12.6 Å². The first kappa shape index (κ1) is 15.4. The number of sulfonamides is 1. The lowest BCUT2D eigenvalue weighted by molar-refractivity contribution is 0.595. The summed E-state index contributed by atoms with van der Waals surface area (Å²) in [5.41, 5.74) is 0.235. The van der Waals surface area contributed by atoms with E-state index in [-0.39, 0.29) is 11.4 Å². The third-order valence-corrected chi connectivity index (χ3v) is 4.23. The molecule has 0 saturated heterocycles. The van der Waals surface area contributed by atoms with E-state index in [1.165, 1.54) is 12.1 Å². The second kappa shape index (κ2) is 7.06. The molecule has 0 aliphatic heterocycles. The van der Waals surface area contributed by atoms with Crippen LogP contribution in [0.4, 0.5) is 10.1 Å². The molecule has 0 aliphatic carbocycles. The molecule has 2 N–H and O–H groups in total.